The second-order valence-corrected chi connectivity index (χ2v) is 9.14. The highest BCUT2D eigenvalue weighted by atomic mass is 35.5. The number of allylic oxidation sites excluding steroid dienone is 2. The molecule has 0 aromatic heterocycles. The quantitative estimate of drug-likeness (QED) is 0.630. The number of aryl methyl sites for hydroxylation is 1. The molecule has 2 bridgehead atoms. The van der Waals surface area contributed by atoms with Crippen LogP contribution in [0.2, 0.25) is 0 Å². The Labute approximate surface area is 160 Å². The summed E-state index contributed by atoms with van der Waals surface area (Å²) in [5.74, 6) is -0.306. The number of alkyl halides is 1. The Hall–Kier alpha value is -1.91. The summed E-state index contributed by atoms with van der Waals surface area (Å²) in [6.45, 7) is 1.99. The number of carbonyl (C=O) groups is 1. The lowest BCUT2D eigenvalue weighted by atomic mass is 9.90. The predicted molar refractivity (Wildman–Crippen MR) is 106 cm³/mol. The summed E-state index contributed by atoms with van der Waals surface area (Å²) in [5.41, 5.74) is 1.81. The zero-order valence-corrected chi connectivity index (χ0v) is 16.0. The van der Waals surface area contributed by atoms with E-state index in [-0.39, 0.29) is 17.7 Å². The van der Waals surface area contributed by atoms with Crippen molar-refractivity contribution in [1.29, 1.82) is 0 Å². The van der Waals surface area contributed by atoms with Crippen LogP contribution in [0.25, 0.3) is 0 Å². The lowest BCUT2D eigenvalue weighted by Crippen LogP contribution is -2.56. The predicted octanol–water partition coefficient (Wildman–Crippen LogP) is 4.29. The fourth-order valence-corrected chi connectivity index (χ4v) is 6.54. The molecule has 2 aliphatic rings. The van der Waals surface area contributed by atoms with Crippen LogP contribution < -0.4 is 5.32 Å². The maximum absolute atomic E-state index is 13.6. The van der Waals surface area contributed by atoms with Gasteiger partial charge < -0.3 is 5.32 Å². The average Bonchev–Trinajstić information content (AvgIpc) is 3.24. The average molecular weight is 386 g/mol. The second-order valence-electron chi connectivity index (χ2n) is 6.99. The first-order valence-electron chi connectivity index (χ1n) is 8.71. The maximum Gasteiger partial charge on any atom is 0.245 e. The fraction of sp³-hybridized carbons (Fsp3) is 0.286. The minimum atomic E-state index is -1.55. The number of fused-ring (bicyclic) bond motifs is 2. The molecular formula is C21H20ClNO2S. The lowest BCUT2D eigenvalue weighted by Gasteiger charge is -2.36. The van der Waals surface area contributed by atoms with Crippen LogP contribution in [0.1, 0.15) is 12.0 Å². The first kappa shape index (κ1) is 17.5. The van der Waals surface area contributed by atoms with E-state index < -0.39 is 20.9 Å². The van der Waals surface area contributed by atoms with Crippen molar-refractivity contribution in [1.82, 2.24) is 0 Å². The van der Waals surface area contributed by atoms with Crippen LogP contribution in [-0.2, 0) is 15.6 Å². The summed E-state index contributed by atoms with van der Waals surface area (Å²) in [5, 5.41) is 2.47. The van der Waals surface area contributed by atoms with Crippen molar-refractivity contribution in [3.05, 3.63) is 72.3 Å². The Kier molecular flexibility index (Phi) is 4.49. The van der Waals surface area contributed by atoms with Crippen molar-refractivity contribution in [2.45, 2.75) is 28.4 Å². The molecule has 1 unspecified atom stereocenters. The van der Waals surface area contributed by atoms with Crippen LogP contribution in [0.5, 0.6) is 0 Å². The Balaban J connectivity index is 1.74. The molecule has 0 heterocycles. The monoisotopic (exact) mass is 385 g/mol. The van der Waals surface area contributed by atoms with E-state index in [1.54, 1.807) is 12.1 Å². The number of benzene rings is 2. The zero-order chi connectivity index (χ0) is 18.3. The van der Waals surface area contributed by atoms with Crippen molar-refractivity contribution in [3.63, 3.8) is 0 Å². The van der Waals surface area contributed by atoms with Gasteiger partial charge in [-0.15, -0.1) is 11.6 Å². The Morgan fingerprint density at radius 3 is 2.42 bits per heavy atom. The third-order valence-corrected chi connectivity index (χ3v) is 8.23. The standard InChI is InChI=1S/C21H20ClNO2S/c1-14-7-11-17(12-8-14)23-20(24)21(16-10-9-15(13-16)19(21)22)26(25)18-5-3-2-4-6-18/h2-12,15-16,19H,13H2,1H3,(H,23,24)/t15-,16+,19-,21+,26?/m0/s1. The first-order chi connectivity index (χ1) is 12.5. The van der Waals surface area contributed by atoms with Gasteiger partial charge in [0.2, 0.25) is 5.91 Å². The van der Waals surface area contributed by atoms with Crippen LogP contribution in [0.3, 0.4) is 0 Å². The van der Waals surface area contributed by atoms with E-state index in [0.29, 0.717) is 10.6 Å². The van der Waals surface area contributed by atoms with Gasteiger partial charge in [0.15, 0.2) is 4.75 Å². The largest absolute Gasteiger partial charge is 0.325 e. The molecule has 0 radical (unpaired) electrons. The Morgan fingerprint density at radius 2 is 1.81 bits per heavy atom. The Morgan fingerprint density at radius 1 is 1.12 bits per heavy atom. The van der Waals surface area contributed by atoms with Gasteiger partial charge in [0, 0.05) is 16.5 Å². The molecule has 2 aromatic rings. The van der Waals surface area contributed by atoms with Gasteiger partial charge in [-0.05, 0) is 43.5 Å². The zero-order valence-electron chi connectivity index (χ0n) is 14.4. The molecule has 1 saturated carbocycles. The van der Waals surface area contributed by atoms with Gasteiger partial charge in [0.25, 0.3) is 0 Å². The third-order valence-electron chi connectivity index (χ3n) is 5.38. The molecule has 5 atom stereocenters. The van der Waals surface area contributed by atoms with Gasteiger partial charge in [-0.1, -0.05) is 48.0 Å². The van der Waals surface area contributed by atoms with Crippen LogP contribution in [0.15, 0.2) is 71.6 Å². The summed E-state index contributed by atoms with van der Waals surface area (Å²) >= 11 is 6.76. The number of carbonyl (C=O) groups excluding carboxylic acids is 1. The van der Waals surface area contributed by atoms with Crippen molar-refractivity contribution in [3.8, 4) is 0 Å². The first-order valence-corrected chi connectivity index (χ1v) is 10.3. The summed E-state index contributed by atoms with van der Waals surface area (Å²) in [4.78, 5) is 14.1. The molecule has 26 heavy (non-hydrogen) atoms. The van der Waals surface area contributed by atoms with Crippen LogP contribution in [-0.4, -0.2) is 20.2 Å². The van der Waals surface area contributed by atoms with Gasteiger partial charge in [-0.2, -0.15) is 0 Å². The van der Waals surface area contributed by atoms with Gasteiger partial charge in [0.05, 0.1) is 16.2 Å². The highest BCUT2D eigenvalue weighted by Crippen LogP contribution is 2.54. The van der Waals surface area contributed by atoms with Crippen molar-refractivity contribution < 1.29 is 9.00 Å². The van der Waals surface area contributed by atoms with Gasteiger partial charge in [0.1, 0.15) is 0 Å². The van der Waals surface area contributed by atoms with Crippen LogP contribution >= 0.6 is 11.6 Å². The van der Waals surface area contributed by atoms with Gasteiger partial charge in [-0.3, -0.25) is 9.00 Å². The molecule has 1 N–H and O–H groups in total. The van der Waals surface area contributed by atoms with E-state index in [2.05, 4.69) is 11.4 Å². The Bertz CT molecular complexity index is 881. The molecular weight excluding hydrogens is 366 g/mol. The number of nitrogens with one attached hydrogen (secondary N) is 1. The molecule has 1 amide bonds. The van der Waals surface area contributed by atoms with Crippen LogP contribution in [0, 0.1) is 18.8 Å². The molecule has 2 aliphatic carbocycles. The number of rotatable bonds is 4. The fourth-order valence-electron chi connectivity index (χ4n) is 4.01. The number of anilines is 1. The molecule has 0 aliphatic heterocycles. The van der Waals surface area contributed by atoms with Crippen molar-refractivity contribution >= 4 is 34.0 Å². The van der Waals surface area contributed by atoms with E-state index in [9.17, 15) is 9.00 Å². The topological polar surface area (TPSA) is 46.2 Å². The minimum absolute atomic E-state index is 0.0816. The number of hydrogen-bond acceptors (Lipinski definition) is 2. The van der Waals surface area contributed by atoms with E-state index in [1.807, 2.05) is 55.5 Å². The van der Waals surface area contributed by atoms with E-state index in [0.717, 1.165) is 12.0 Å². The molecule has 4 rings (SSSR count). The molecule has 134 valence electrons. The highest BCUT2D eigenvalue weighted by molar-refractivity contribution is 7.87. The summed E-state index contributed by atoms with van der Waals surface area (Å²) in [6.07, 6.45) is 4.84. The SMILES string of the molecule is Cc1ccc(NC(=O)[C@@]2(S(=O)c3ccccc3)[C@@H]3C=C[C@@H](C3)[C@@H]2Cl)cc1. The molecule has 2 aromatic carbocycles. The van der Waals surface area contributed by atoms with Gasteiger partial charge >= 0.3 is 0 Å². The third kappa shape index (κ3) is 2.63. The van der Waals surface area contributed by atoms with Crippen LogP contribution in [0.4, 0.5) is 5.69 Å². The highest BCUT2D eigenvalue weighted by Gasteiger charge is 2.64. The second kappa shape index (κ2) is 6.67. The molecule has 1 fully saturated rings. The number of halogens is 1. The number of amides is 1. The molecule has 3 nitrogen and oxygen atoms in total. The normalized spacial score (nSPS) is 30.3. The maximum atomic E-state index is 13.6. The van der Waals surface area contributed by atoms with Crippen molar-refractivity contribution in [2.75, 3.05) is 5.32 Å². The molecule has 0 saturated heterocycles. The van der Waals surface area contributed by atoms with Gasteiger partial charge in [-0.25, -0.2) is 0 Å². The smallest absolute Gasteiger partial charge is 0.245 e. The number of hydrogen-bond donors (Lipinski definition) is 1. The minimum Gasteiger partial charge on any atom is -0.325 e. The molecule has 5 heteroatoms. The molecule has 0 spiro atoms. The summed E-state index contributed by atoms with van der Waals surface area (Å²) in [6, 6.07) is 16.8. The van der Waals surface area contributed by atoms with Crippen molar-refractivity contribution in [2.24, 2.45) is 11.8 Å². The summed E-state index contributed by atoms with van der Waals surface area (Å²) < 4.78 is 12.4. The lowest BCUT2D eigenvalue weighted by molar-refractivity contribution is -0.119. The van der Waals surface area contributed by atoms with E-state index in [1.165, 1.54) is 0 Å². The summed E-state index contributed by atoms with van der Waals surface area (Å²) in [7, 11) is -1.55. The van der Waals surface area contributed by atoms with E-state index in [4.69, 9.17) is 11.6 Å². The van der Waals surface area contributed by atoms with E-state index >= 15 is 0 Å².